The van der Waals surface area contributed by atoms with E-state index < -0.39 is 0 Å². The fraction of sp³-hybridized carbons (Fsp3) is 0.933. The third-order valence-electron chi connectivity index (χ3n) is 4.31. The molecule has 1 aliphatic heterocycles. The smallest absolute Gasteiger partial charge is 0.225 e. The minimum atomic E-state index is 0.259. The van der Waals surface area contributed by atoms with Gasteiger partial charge in [-0.15, -0.1) is 0 Å². The van der Waals surface area contributed by atoms with Gasteiger partial charge < -0.3 is 14.7 Å². The summed E-state index contributed by atoms with van der Waals surface area (Å²) >= 11 is 0. The second-order valence-electron chi connectivity index (χ2n) is 5.72. The average molecular weight is 269 g/mol. The van der Waals surface area contributed by atoms with Crippen LogP contribution in [0.4, 0.5) is 0 Å². The first kappa shape index (κ1) is 16.4. The first-order valence-corrected chi connectivity index (χ1v) is 7.74. The number of amides is 1. The molecule has 0 N–H and O–H groups in total. The van der Waals surface area contributed by atoms with Crippen LogP contribution in [0.25, 0.3) is 0 Å². The van der Waals surface area contributed by atoms with Crippen molar-refractivity contribution in [2.45, 2.75) is 33.1 Å². The van der Waals surface area contributed by atoms with Crippen molar-refractivity contribution in [3.8, 4) is 0 Å². The molecular formula is C15H31N3O. The van der Waals surface area contributed by atoms with Crippen LogP contribution in [0.3, 0.4) is 0 Å². The van der Waals surface area contributed by atoms with Crippen molar-refractivity contribution in [2.24, 2.45) is 5.92 Å². The minimum Gasteiger partial charge on any atom is -0.345 e. The van der Waals surface area contributed by atoms with Crippen LogP contribution in [0.1, 0.15) is 33.1 Å². The molecule has 0 aromatic heterocycles. The molecule has 0 radical (unpaired) electrons. The highest BCUT2D eigenvalue weighted by atomic mass is 16.2. The predicted molar refractivity (Wildman–Crippen MR) is 80.3 cm³/mol. The van der Waals surface area contributed by atoms with Gasteiger partial charge in [0.05, 0.1) is 0 Å². The van der Waals surface area contributed by atoms with Gasteiger partial charge in [-0.1, -0.05) is 13.8 Å². The molecule has 112 valence electrons. The van der Waals surface area contributed by atoms with Gasteiger partial charge in [0.25, 0.3) is 0 Å². The highest BCUT2D eigenvalue weighted by Crippen LogP contribution is 2.18. The van der Waals surface area contributed by atoms with E-state index >= 15 is 0 Å². The molecular weight excluding hydrogens is 238 g/mol. The number of carbonyl (C=O) groups is 1. The SMILES string of the molecule is CCN(CC)CCCN(C)C(=O)C1CCN(C)CC1. The van der Waals surface area contributed by atoms with Crippen LogP contribution in [0.2, 0.25) is 0 Å². The Morgan fingerprint density at radius 1 is 1.16 bits per heavy atom. The van der Waals surface area contributed by atoms with Crippen molar-refractivity contribution in [2.75, 3.05) is 53.4 Å². The van der Waals surface area contributed by atoms with Crippen molar-refractivity contribution < 1.29 is 4.79 Å². The summed E-state index contributed by atoms with van der Waals surface area (Å²) in [5.74, 6) is 0.613. The normalized spacial score (nSPS) is 17.9. The number of rotatable bonds is 7. The van der Waals surface area contributed by atoms with Crippen LogP contribution in [0.15, 0.2) is 0 Å². The molecule has 0 unspecified atom stereocenters. The van der Waals surface area contributed by atoms with Gasteiger partial charge in [0.1, 0.15) is 0 Å². The summed E-state index contributed by atoms with van der Waals surface area (Å²) in [4.78, 5) is 19.0. The topological polar surface area (TPSA) is 26.8 Å². The summed E-state index contributed by atoms with van der Waals surface area (Å²) in [5, 5.41) is 0. The Bertz CT molecular complexity index is 258. The quantitative estimate of drug-likeness (QED) is 0.701. The third kappa shape index (κ3) is 5.49. The summed E-state index contributed by atoms with van der Waals surface area (Å²) in [5.41, 5.74) is 0. The molecule has 1 heterocycles. The van der Waals surface area contributed by atoms with Crippen LogP contribution in [-0.2, 0) is 4.79 Å². The minimum absolute atomic E-state index is 0.259. The standard InChI is InChI=1S/C15H31N3O/c1-5-18(6-2)11-7-10-17(4)15(19)14-8-12-16(3)13-9-14/h14H,5-13H2,1-4H3. The molecule has 1 amide bonds. The van der Waals surface area contributed by atoms with Gasteiger partial charge in [-0.3, -0.25) is 4.79 Å². The third-order valence-corrected chi connectivity index (χ3v) is 4.31. The maximum absolute atomic E-state index is 12.3. The van der Waals surface area contributed by atoms with Crippen molar-refractivity contribution in [3.05, 3.63) is 0 Å². The lowest BCUT2D eigenvalue weighted by Crippen LogP contribution is -2.40. The Kier molecular flexibility index (Phi) is 7.39. The Labute approximate surface area is 118 Å². The molecule has 0 bridgehead atoms. The van der Waals surface area contributed by atoms with E-state index in [-0.39, 0.29) is 5.92 Å². The fourth-order valence-corrected chi connectivity index (χ4v) is 2.75. The number of carbonyl (C=O) groups excluding carboxylic acids is 1. The number of piperidine rings is 1. The number of nitrogens with zero attached hydrogens (tertiary/aromatic N) is 3. The zero-order valence-corrected chi connectivity index (χ0v) is 13.2. The van der Waals surface area contributed by atoms with Crippen molar-refractivity contribution in [3.63, 3.8) is 0 Å². The zero-order chi connectivity index (χ0) is 14.3. The van der Waals surface area contributed by atoms with Crippen molar-refractivity contribution in [1.29, 1.82) is 0 Å². The van der Waals surface area contributed by atoms with Crippen LogP contribution in [-0.4, -0.2) is 74.0 Å². The Balaban J connectivity index is 2.25. The number of hydrogen-bond acceptors (Lipinski definition) is 3. The summed E-state index contributed by atoms with van der Waals surface area (Å²) in [6, 6.07) is 0. The first-order valence-electron chi connectivity index (χ1n) is 7.74. The molecule has 1 rings (SSSR count). The average Bonchev–Trinajstić information content (AvgIpc) is 2.43. The van der Waals surface area contributed by atoms with E-state index in [0.717, 1.165) is 58.5 Å². The maximum atomic E-state index is 12.3. The highest BCUT2D eigenvalue weighted by molar-refractivity contribution is 5.78. The molecule has 0 aliphatic carbocycles. The molecule has 1 aliphatic rings. The largest absolute Gasteiger partial charge is 0.345 e. The zero-order valence-electron chi connectivity index (χ0n) is 13.2. The van der Waals surface area contributed by atoms with Crippen LogP contribution in [0, 0.1) is 5.92 Å². The van der Waals surface area contributed by atoms with E-state index in [0.29, 0.717) is 5.91 Å². The second-order valence-corrected chi connectivity index (χ2v) is 5.72. The van der Waals surface area contributed by atoms with E-state index in [1.54, 1.807) is 0 Å². The second kappa shape index (κ2) is 8.54. The first-order chi connectivity index (χ1) is 9.08. The van der Waals surface area contributed by atoms with Gasteiger partial charge in [0.15, 0.2) is 0 Å². The van der Waals surface area contributed by atoms with Crippen molar-refractivity contribution >= 4 is 5.91 Å². The Morgan fingerprint density at radius 3 is 2.26 bits per heavy atom. The monoisotopic (exact) mass is 269 g/mol. The highest BCUT2D eigenvalue weighted by Gasteiger charge is 2.25. The van der Waals surface area contributed by atoms with Gasteiger partial charge in [-0.05, 0) is 59.0 Å². The summed E-state index contributed by atoms with van der Waals surface area (Å²) in [6.07, 6.45) is 3.13. The van der Waals surface area contributed by atoms with Crippen LogP contribution in [0.5, 0.6) is 0 Å². The maximum Gasteiger partial charge on any atom is 0.225 e. The molecule has 0 aromatic carbocycles. The lowest BCUT2D eigenvalue weighted by Gasteiger charge is -2.31. The molecule has 1 saturated heterocycles. The van der Waals surface area contributed by atoms with E-state index in [1.165, 1.54) is 0 Å². The number of likely N-dealkylation sites (tertiary alicyclic amines) is 1. The van der Waals surface area contributed by atoms with Gasteiger partial charge in [0, 0.05) is 19.5 Å². The van der Waals surface area contributed by atoms with Crippen molar-refractivity contribution in [1.82, 2.24) is 14.7 Å². The van der Waals surface area contributed by atoms with E-state index in [2.05, 4.69) is 30.7 Å². The molecule has 0 aromatic rings. The molecule has 0 saturated carbocycles. The fourth-order valence-electron chi connectivity index (χ4n) is 2.75. The van der Waals surface area contributed by atoms with Gasteiger partial charge in [0.2, 0.25) is 5.91 Å². The van der Waals surface area contributed by atoms with E-state index in [1.807, 2.05) is 11.9 Å². The van der Waals surface area contributed by atoms with Gasteiger partial charge >= 0.3 is 0 Å². The molecule has 19 heavy (non-hydrogen) atoms. The Morgan fingerprint density at radius 2 is 1.74 bits per heavy atom. The predicted octanol–water partition coefficient (Wildman–Crippen LogP) is 1.52. The lowest BCUT2D eigenvalue weighted by atomic mass is 9.96. The number of hydrogen-bond donors (Lipinski definition) is 0. The molecule has 4 heteroatoms. The summed E-state index contributed by atoms with van der Waals surface area (Å²) < 4.78 is 0. The molecule has 0 atom stereocenters. The molecule has 4 nitrogen and oxygen atoms in total. The van der Waals surface area contributed by atoms with Crippen LogP contribution >= 0.6 is 0 Å². The lowest BCUT2D eigenvalue weighted by molar-refractivity contribution is -0.135. The van der Waals surface area contributed by atoms with Gasteiger partial charge in [-0.25, -0.2) is 0 Å². The molecule has 1 fully saturated rings. The Hall–Kier alpha value is -0.610. The van der Waals surface area contributed by atoms with E-state index in [4.69, 9.17) is 0 Å². The summed E-state index contributed by atoms with van der Waals surface area (Å²) in [6.45, 7) is 10.7. The van der Waals surface area contributed by atoms with E-state index in [9.17, 15) is 4.79 Å². The molecule has 0 spiro atoms. The van der Waals surface area contributed by atoms with Crippen LogP contribution < -0.4 is 0 Å². The summed E-state index contributed by atoms with van der Waals surface area (Å²) in [7, 11) is 4.09. The van der Waals surface area contributed by atoms with Gasteiger partial charge in [-0.2, -0.15) is 0 Å².